The predicted octanol–water partition coefficient (Wildman–Crippen LogP) is 4.92. The molecule has 3 rings (SSSR count). The van der Waals surface area contributed by atoms with Crippen molar-refractivity contribution in [3.8, 4) is 0 Å². The van der Waals surface area contributed by atoms with Gasteiger partial charge in [0.05, 0.1) is 10.6 Å². The van der Waals surface area contributed by atoms with E-state index in [0.29, 0.717) is 10.6 Å². The molecule has 0 saturated carbocycles. The number of para-hydroxylation sites is 1. The fourth-order valence-corrected chi connectivity index (χ4v) is 5.33. The molecule has 3 aromatic carbocycles. The highest BCUT2D eigenvalue weighted by Gasteiger charge is 2.33. The maximum Gasteiger partial charge on any atom is 0.264 e. The average molecular weight is 560 g/mol. The summed E-state index contributed by atoms with van der Waals surface area (Å²) < 4.78 is 43.0. The number of rotatable bonds is 10. The van der Waals surface area contributed by atoms with Gasteiger partial charge in [-0.1, -0.05) is 53.6 Å². The molecule has 0 heterocycles. The summed E-state index contributed by atoms with van der Waals surface area (Å²) in [5.74, 6) is -1.88. The molecule has 1 N–H and O–H groups in total. The highest BCUT2D eigenvalue weighted by Crippen LogP contribution is 2.27. The van der Waals surface area contributed by atoms with Crippen LogP contribution in [0.5, 0.6) is 0 Å². The first-order valence-electron chi connectivity index (χ1n) is 12.1. The van der Waals surface area contributed by atoms with Gasteiger partial charge in [-0.2, -0.15) is 0 Å². The van der Waals surface area contributed by atoms with Crippen LogP contribution in [0.15, 0.2) is 77.7 Å². The quantitative estimate of drug-likeness (QED) is 0.382. The van der Waals surface area contributed by atoms with Gasteiger partial charge in [0.2, 0.25) is 11.8 Å². The van der Waals surface area contributed by atoms with E-state index in [1.807, 2.05) is 6.92 Å². The first-order chi connectivity index (χ1) is 17.9. The van der Waals surface area contributed by atoms with Gasteiger partial charge in [-0.15, -0.1) is 0 Å². The van der Waals surface area contributed by atoms with Gasteiger partial charge >= 0.3 is 0 Å². The van der Waals surface area contributed by atoms with E-state index in [1.165, 1.54) is 35.2 Å². The number of hydrogen-bond acceptors (Lipinski definition) is 4. The molecule has 0 aromatic heterocycles. The highest BCUT2D eigenvalue weighted by molar-refractivity contribution is 7.92. The van der Waals surface area contributed by atoms with Crippen LogP contribution in [0.4, 0.5) is 10.1 Å². The van der Waals surface area contributed by atoms with Crippen LogP contribution in [0, 0.1) is 12.7 Å². The zero-order valence-corrected chi connectivity index (χ0v) is 23.3. The molecule has 0 saturated heterocycles. The van der Waals surface area contributed by atoms with Crippen molar-refractivity contribution in [1.82, 2.24) is 10.2 Å². The number of carbonyl (C=O) groups excluding carboxylic acids is 2. The molecule has 10 heteroatoms. The van der Waals surface area contributed by atoms with Crippen molar-refractivity contribution in [3.63, 3.8) is 0 Å². The predicted molar refractivity (Wildman–Crippen MR) is 147 cm³/mol. The Bertz CT molecular complexity index is 1380. The van der Waals surface area contributed by atoms with Crippen LogP contribution in [0.1, 0.15) is 31.9 Å². The van der Waals surface area contributed by atoms with Crippen molar-refractivity contribution in [2.45, 2.75) is 51.2 Å². The third-order valence-corrected chi connectivity index (χ3v) is 7.90. The van der Waals surface area contributed by atoms with Crippen molar-refractivity contribution in [3.05, 3.63) is 94.8 Å². The molecule has 2 amide bonds. The molecule has 0 aliphatic rings. The van der Waals surface area contributed by atoms with Crippen LogP contribution in [-0.4, -0.2) is 43.8 Å². The second-order valence-electron chi connectivity index (χ2n) is 9.26. The molecular formula is C28H31ClFN3O4S. The van der Waals surface area contributed by atoms with Gasteiger partial charge in [0.1, 0.15) is 18.4 Å². The maximum atomic E-state index is 14.9. The molecule has 0 aliphatic heterocycles. The zero-order chi connectivity index (χ0) is 28.0. The maximum absolute atomic E-state index is 14.9. The number of halogens is 2. The van der Waals surface area contributed by atoms with Gasteiger partial charge in [-0.3, -0.25) is 13.9 Å². The lowest BCUT2D eigenvalue weighted by molar-refractivity contribution is -0.139. The largest absolute Gasteiger partial charge is 0.352 e. The molecule has 7 nitrogen and oxygen atoms in total. The molecule has 0 radical (unpaired) electrons. The molecule has 3 aromatic rings. The number of benzene rings is 3. The molecule has 202 valence electrons. The van der Waals surface area contributed by atoms with E-state index < -0.39 is 40.2 Å². The number of anilines is 1. The second kappa shape index (κ2) is 12.4. The standard InChI is InChI=1S/C28H31ClFN3O4S/c1-19(2)31-28(35)21(4)32(17-22-11-13-23(29)14-12-22)27(34)18-33(26-8-6-5-7-25(26)30)38(36,37)24-15-9-20(3)10-16-24/h5-16,19,21H,17-18H2,1-4H3,(H,31,35)/t21-/m0/s1. The summed E-state index contributed by atoms with van der Waals surface area (Å²) in [5, 5.41) is 3.29. The minimum Gasteiger partial charge on any atom is -0.352 e. The summed E-state index contributed by atoms with van der Waals surface area (Å²) in [4.78, 5) is 27.8. The highest BCUT2D eigenvalue weighted by atomic mass is 35.5. The molecule has 0 unspecified atom stereocenters. The summed E-state index contributed by atoms with van der Waals surface area (Å²) in [5.41, 5.74) is 1.26. The van der Waals surface area contributed by atoms with E-state index in [4.69, 9.17) is 11.6 Å². The van der Waals surface area contributed by atoms with E-state index in [1.54, 1.807) is 57.2 Å². The van der Waals surface area contributed by atoms with Crippen LogP contribution >= 0.6 is 11.6 Å². The van der Waals surface area contributed by atoms with Crippen molar-refractivity contribution in [2.24, 2.45) is 0 Å². The normalized spacial score (nSPS) is 12.2. The summed E-state index contributed by atoms with van der Waals surface area (Å²) in [6.45, 7) is 6.26. The van der Waals surface area contributed by atoms with Gasteiger partial charge in [0.15, 0.2) is 0 Å². The number of nitrogens with one attached hydrogen (secondary N) is 1. The molecular weight excluding hydrogens is 529 g/mol. The van der Waals surface area contributed by atoms with Crippen LogP contribution in [0.2, 0.25) is 5.02 Å². The van der Waals surface area contributed by atoms with Crippen LogP contribution in [0.25, 0.3) is 0 Å². The van der Waals surface area contributed by atoms with Crippen LogP contribution < -0.4 is 9.62 Å². The Morgan fingerprint density at radius 3 is 2.13 bits per heavy atom. The number of aryl methyl sites for hydroxylation is 1. The number of sulfonamides is 1. The minimum absolute atomic E-state index is 0.0123. The molecule has 0 aliphatic carbocycles. The topological polar surface area (TPSA) is 86.8 Å². The fraction of sp³-hybridized carbons (Fsp3) is 0.286. The summed E-state index contributed by atoms with van der Waals surface area (Å²) >= 11 is 6.00. The Morgan fingerprint density at radius 2 is 1.55 bits per heavy atom. The van der Waals surface area contributed by atoms with E-state index in [0.717, 1.165) is 15.9 Å². The Kier molecular flexibility index (Phi) is 9.51. The van der Waals surface area contributed by atoms with Gasteiger partial charge in [-0.25, -0.2) is 12.8 Å². The van der Waals surface area contributed by atoms with Crippen molar-refractivity contribution < 1.29 is 22.4 Å². The lowest BCUT2D eigenvalue weighted by Crippen LogP contribution is -2.52. The lowest BCUT2D eigenvalue weighted by atomic mass is 10.1. The Balaban J connectivity index is 2.04. The van der Waals surface area contributed by atoms with Gasteiger partial charge in [0.25, 0.3) is 10.0 Å². The summed E-state index contributed by atoms with van der Waals surface area (Å²) in [7, 11) is -4.34. The third-order valence-electron chi connectivity index (χ3n) is 5.87. The van der Waals surface area contributed by atoms with E-state index in [9.17, 15) is 22.4 Å². The lowest BCUT2D eigenvalue weighted by Gasteiger charge is -2.32. The Morgan fingerprint density at radius 1 is 0.947 bits per heavy atom. The average Bonchev–Trinajstić information content (AvgIpc) is 2.86. The smallest absolute Gasteiger partial charge is 0.264 e. The molecule has 0 fully saturated rings. The van der Waals surface area contributed by atoms with Crippen molar-refractivity contribution in [1.29, 1.82) is 0 Å². The molecule has 1 atom stereocenters. The van der Waals surface area contributed by atoms with Crippen molar-refractivity contribution in [2.75, 3.05) is 10.8 Å². The van der Waals surface area contributed by atoms with E-state index >= 15 is 0 Å². The van der Waals surface area contributed by atoms with Gasteiger partial charge in [-0.05, 0) is 69.7 Å². The van der Waals surface area contributed by atoms with Gasteiger partial charge in [0, 0.05) is 17.6 Å². The number of carbonyl (C=O) groups is 2. The number of nitrogens with zero attached hydrogens (tertiary/aromatic N) is 2. The number of hydrogen-bond donors (Lipinski definition) is 1. The summed E-state index contributed by atoms with van der Waals surface area (Å²) in [6.07, 6.45) is 0. The zero-order valence-electron chi connectivity index (χ0n) is 21.7. The first-order valence-corrected chi connectivity index (χ1v) is 13.9. The number of amides is 2. The molecule has 38 heavy (non-hydrogen) atoms. The first kappa shape index (κ1) is 29.1. The monoisotopic (exact) mass is 559 g/mol. The van der Waals surface area contributed by atoms with Crippen LogP contribution in [-0.2, 0) is 26.2 Å². The second-order valence-corrected chi connectivity index (χ2v) is 11.6. The molecule has 0 spiro atoms. The Hall–Kier alpha value is -3.43. The molecule has 0 bridgehead atoms. The SMILES string of the molecule is Cc1ccc(S(=O)(=O)N(CC(=O)N(Cc2ccc(Cl)cc2)[C@@H](C)C(=O)NC(C)C)c2ccccc2F)cc1. The van der Waals surface area contributed by atoms with Crippen LogP contribution in [0.3, 0.4) is 0 Å². The fourth-order valence-electron chi connectivity index (χ4n) is 3.78. The van der Waals surface area contributed by atoms with Gasteiger partial charge < -0.3 is 10.2 Å². The van der Waals surface area contributed by atoms with E-state index in [2.05, 4.69) is 5.32 Å². The third kappa shape index (κ3) is 7.11. The summed E-state index contributed by atoms with van der Waals surface area (Å²) in [6, 6.07) is 17.1. The minimum atomic E-state index is -4.34. The van der Waals surface area contributed by atoms with E-state index in [-0.39, 0.29) is 23.2 Å². The Labute approximate surface area is 228 Å². The van der Waals surface area contributed by atoms with Crippen molar-refractivity contribution >= 4 is 39.1 Å².